The second kappa shape index (κ2) is 7.86. The van der Waals surface area contributed by atoms with Crippen LogP contribution in [0.5, 0.6) is 0 Å². The minimum absolute atomic E-state index is 0.227. The van der Waals surface area contributed by atoms with Crippen molar-refractivity contribution in [1.29, 1.82) is 0 Å². The molecule has 23 heavy (non-hydrogen) atoms. The number of nitrogens with zero attached hydrogens (tertiary/aromatic N) is 2. The van der Waals surface area contributed by atoms with Crippen LogP contribution in [0.15, 0.2) is 29.6 Å². The van der Waals surface area contributed by atoms with Crippen LogP contribution < -0.4 is 5.32 Å². The van der Waals surface area contributed by atoms with Gasteiger partial charge in [0.2, 0.25) is 0 Å². The molecule has 3 rings (SSSR count). The lowest BCUT2D eigenvalue weighted by Gasteiger charge is -2.31. The van der Waals surface area contributed by atoms with E-state index in [1.807, 2.05) is 5.38 Å². The van der Waals surface area contributed by atoms with Crippen LogP contribution >= 0.6 is 11.3 Å². The average Bonchev–Trinajstić information content (AvgIpc) is 3.04. The highest BCUT2D eigenvalue weighted by molar-refractivity contribution is 7.14. The molecule has 1 saturated heterocycles. The summed E-state index contributed by atoms with van der Waals surface area (Å²) in [4.78, 5) is 6.89. The van der Waals surface area contributed by atoms with E-state index in [0.29, 0.717) is 5.92 Å². The number of rotatable bonds is 6. The number of aromatic nitrogens is 1. The predicted molar refractivity (Wildman–Crippen MR) is 92.2 cm³/mol. The van der Waals surface area contributed by atoms with Crippen molar-refractivity contribution in [3.63, 3.8) is 0 Å². The largest absolute Gasteiger partial charge is 0.395 e. The molecular formula is C17H22FN3OS. The number of hydrogen-bond acceptors (Lipinski definition) is 5. The fraction of sp³-hybridized carbons (Fsp3) is 0.471. The Morgan fingerprint density at radius 3 is 2.70 bits per heavy atom. The van der Waals surface area contributed by atoms with E-state index in [1.165, 1.54) is 12.1 Å². The van der Waals surface area contributed by atoms with Crippen LogP contribution in [0.4, 0.5) is 9.52 Å². The monoisotopic (exact) mass is 335 g/mol. The van der Waals surface area contributed by atoms with Crippen molar-refractivity contribution in [3.8, 4) is 11.3 Å². The third kappa shape index (κ3) is 4.50. The van der Waals surface area contributed by atoms with Gasteiger partial charge in [0.1, 0.15) is 5.82 Å². The third-order valence-electron chi connectivity index (χ3n) is 4.31. The molecule has 0 bridgehead atoms. The Balaban J connectivity index is 1.49. The summed E-state index contributed by atoms with van der Waals surface area (Å²) in [6.07, 6.45) is 2.31. The van der Waals surface area contributed by atoms with E-state index in [2.05, 4.69) is 15.2 Å². The SMILES string of the molecule is OCCN1CCC(CNc2nc(-c3ccc(F)cc3)cs2)CC1. The highest BCUT2D eigenvalue weighted by Crippen LogP contribution is 2.26. The maximum Gasteiger partial charge on any atom is 0.183 e. The van der Waals surface area contributed by atoms with Crippen LogP contribution in [0.25, 0.3) is 11.3 Å². The van der Waals surface area contributed by atoms with Gasteiger partial charge in [-0.25, -0.2) is 9.37 Å². The molecule has 2 N–H and O–H groups in total. The van der Waals surface area contributed by atoms with Crippen molar-refractivity contribution in [2.45, 2.75) is 12.8 Å². The van der Waals surface area contributed by atoms with Gasteiger partial charge in [0.05, 0.1) is 12.3 Å². The van der Waals surface area contributed by atoms with Crippen molar-refractivity contribution < 1.29 is 9.50 Å². The predicted octanol–water partition coefficient (Wildman–Crippen LogP) is 3.07. The molecule has 2 aromatic rings. The van der Waals surface area contributed by atoms with Gasteiger partial charge in [-0.05, 0) is 56.1 Å². The summed E-state index contributed by atoms with van der Waals surface area (Å²) in [6.45, 7) is 4.09. The number of likely N-dealkylation sites (tertiary alicyclic amines) is 1. The number of thiazole rings is 1. The molecular weight excluding hydrogens is 313 g/mol. The Labute approximate surface area is 140 Å². The van der Waals surface area contributed by atoms with E-state index < -0.39 is 0 Å². The first-order chi connectivity index (χ1) is 11.2. The first kappa shape index (κ1) is 16.4. The molecule has 1 fully saturated rings. The van der Waals surface area contributed by atoms with Crippen molar-refractivity contribution in [2.75, 3.05) is 38.1 Å². The van der Waals surface area contributed by atoms with Crippen LogP contribution in [0.1, 0.15) is 12.8 Å². The zero-order valence-corrected chi connectivity index (χ0v) is 13.9. The van der Waals surface area contributed by atoms with E-state index in [0.717, 1.165) is 55.4 Å². The Morgan fingerprint density at radius 2 is 2.00 bits per heavy atom. The molecule has 2 heterocycles. The molecule has 6 heteroatoms. The standard InChI is InChI=1S/C17H22FN3OS/c18-15-3-1-14(2-4-15)16-12-23-17(20-16)19-11-13-5-7-21(8-6-13)9-10-22/h1-4,12-13,22H,5-11H2,(H,19,20). The highest BCUT2D eigenvalue weighted by atomic mass is 32.1. The Kier molecular flexibility index (Phi) is 5.59. The smallest absolute Gasteiger partial charge is 0.183 e. The number of benzene rings is 1. The normalized spacial score (nSPS) is 16.6. The summed E-state index contributed by atoms with van der Waals surface area (Å²) in [5, 5.41) is 15.3. The number of aliphatic hydroxyl groups excluding tert-OH is 1. The number of anilines is 1. The average molecular weight is 335 g/mol. The molecule has 1 aliphatic rings. The second-order valence-corrected chi connectivity index (χ2v) is 6.79. The zero-order valence-electron chi connectivity index (χ0n) is 13.0. The van der Waals surface area contributed by atoms with Crippen LogP contribution in [0, 0.1) is 11.7 Å². The van der Waals surface area contributed by atoms with Crippen LogP contribution in [0.3, 0.4) is 0 Å². The Morgan fingerprint density at radius 1 is 1.26 bits per heavy atom. The third-order valence-corrected chi connectivity index (χ3v) is 5.11. The van der Waals surface area contributed by atoms with Gasteiger partial charge in [-0.1, -0.05) is 0 Å². The van der Waals surface area contributed by atoms with E-state index in [9.17, 15) is 4.39 Å². The molecule has 4 nitrogen and oxygen atoms in total. The summed E-state index contributed by atoms with van der Waals surface area (Å²) in [6, 6.07) is 6.43. The molecule has 0 spiro atoms. The molecule has 0 saturated carbocycles. The summed E-state index contributed by atoms with van der Waals surface area (Å²) in [5.74, 6) is 0.429. The number of aliphatic hydroxyl groups is 1. The van der Waals surface area contributed by atoms with Gasteiger partial charge in [-0.2, -0.15) is 0 Å². The highest BCUT2D eigenvalue weighted by Gasteiger charge is 2.18. The van der Waals surface area contributed by atoms with Crippen molar-refractivity contribution in [3.05, 3.63) is 35.5 Å². The Bertz CT molecular complexity index is 609. The second-order valence-electron chi connectivity index (χ2n) is 5.93. The Hall–Kier alpha value is -1.50. The van der Waals surface area contributed by atoms with E-state index in [1.54, 1.807) is 23.5 Å². The van der Waals surface area contributed by atoms with Gasteiger partial charge in [-0.3, -0.25) is 0 Å². The molecule has 124 valence electrons. The topological polar surface area (TPSA) is 48.4 Å². The number of hydrogen-bond donors (Lipinski definition) is 2. The summed E-state index contributed by atoms with van der Waals surface area (Å²) in [5.41, 5.74) is 1.82. The van der Waals surface area contributed by atoms with Crippen LogP contribution in [-0.2, 0) is 0 Å². The van der Waals surface area contributed by atoms with Gasteiger partial charge in [0.15, 0.2) is 5.13 Å². The molecule has 1 aromatic heterocycles. The minimum Gasteiger partial charge on any atom is -0.395 e. The van der Waals surface area contributed by atoms with Crippen molar-refractivity contribution in [2.24, 2.45) is 5.92 Å². The van der Waals surface area contributed by atoms with Gasteiger partial charge in [0.25, 0.3) is 0 Å². The van der Waals surface area contributed by atoms with Gasteiger partial charge >= 0.3 is 0 Å². The quantitative estimate of drug-likeness (QED) is 0.852. The van der Waals surface area contributed by atoms with Crippen LogP contribution in [-0.4, -0.2) is 47.8 Å². The first-order valence-electron chi connectivity index (χ1n) is 8.03. The fourth-order valence-corrected chi connectivity index (χ4v) is 3.63. The number of halogens is 1. The van der Waals surface area contributed by atoms with E-state index >= 15 is 0 Å². The van der Waals surface area contributed by atoms with Crippen molar-refractivity contribution >= 4 is 16.5 Å². The lowest BCUT2D eigenvalue weighted by atomic mass is 9.97. The molecule has 1 aromatic carbocycles. The maximum absolute atomic E-state index is 13.0. The van der Waals surface area contributed by atoms with Crippen LogP contribution in [0.2, 0.25) is 0 Å². The minimum atomic E-state index is -0.227. The molecule has 1 aliphatic heterocycles. The van der Waals surface area contributed by atoms with E-state index in [4.69, 9.17) is 5.11 Å². The number of piperidine rings is 1. The fourth-order valence-electron chi connectivity index (χ4n) is 2.90. The van der Waals surface area contributed by atoms with E-state index in [-0.39, 0.29) is 12.4 Å². The molecule has 0 unspecified atom stereocenters. The van der Waals surface area contributed by atoms with Gasteiger partial charge in [0, 0.05) is 24.0 Å². The zero-order chi connectivity index (χ0) is 16.1. The lowest BCUT2D eigenvalue weighted by Crippen LogP contribution is -2.37. The summed E-state index contributed by atoms with van der Waals surface area (Å²) < 4.78 is 13.0. The van der Waals surface area contributed by atoms with Gasteiger partial charge in [-0.15, -0.1) is 11.3 Å². The maximum atomic E-state index is 13.0. The number of β-amino-alcohol motifs (C(OH)–C–C–N with tert-alkyl or cyclic N) is 1. The lowest BCUT2D eigenvalue weighted by molar-refractivity contribution is 0.151. The molecule has 0 amide bonds. The molecule has 0 radical (unpaired) electrons. The molecule has 0 atom stereocenters. The summed E-state index contributed by atoms with van der Waals surface area (Å²) in [7, 11) is 0. The summed E-state index contributed by atoms with van der Waals surface area (Å²) >= 11 is 1.59. The van der Waals surface area contributed by atoms with Crippen molar-refractivity contribution in [1.82, 2.24) is 9.88 Å². The first-order valence-corrected chi connectivity index (χ1v) is 8.91. The number of nitrogens with one attached hydrogen (secondary N) is 1. The molecule has 0 aliphatic carbocycles. The van der Waals surface area contributed by atoms with Gasteiger partial charge < -0.3 is 15.3 Å².